The summed E-state index contributed by atoms with van der Waals surface area (Å²) in [5, 5.41) is 12.2. The summed E-state index contributed by atoms with van der Waals surface area (Å²) in [6.45, 7) is 0. The van der Waals surface area contributed by atoms with Crippen LogP contribution >= 0.6 is 0 Å². The summed E-state index contributed by atoms with van der Waals surface area (Å²) in [5.74, 6) is 1.22. The monoisotopic (exact) mass is 274 g/mol. The van der Waals surface area contributed by atoms with Gasteiger partial charge in [-0.1, -0.05) is 0 Å². The van der Waals surface area contributed by atoms with Gasteiger partial charge in [0.25, 0.3) is 0 Å². The number of anilines is 2. The molecule has 1 aliphatic rings. The molecule has 0 bridgehead atoms. The Morgan fingerprint density at radius 1 is 1.30 bits per heavy atom. The van der Waals surface area contributed by atoms with Crippen LogP contribution in [-0.4, -0.2) is 33.3 Å². The van der Waals surface area contributed by atoms with E-state index in [0.717, 1.165) is 18.5 Å². The Bertz CT molecular complexity index is 605. The molecule has 0 radical (unpaired) electrons. The van der Waals surface area contributed by atoms with Crippen LogP contribution in [0.15, 0.2) is 18.6 Å². The predicted octanol–water partition coefficient (Wildman–Crippen LogP) is 1.73. The third kappa shape index (κ3) is 2.68. The number of aromatic amines is 1. The molecule has 0 aliphatic heterocycles. The number of H-pyrrole nitrogens is 1. The molecule has 0 atom stereocenters. The normalized spacial score (nSPS) is 13.8. The zero-order valence-electron chi connectivity index (χ0n) is 10.9. The maximum absolute atomic E-state index is 11.9. The van der Waals surface area contributed by atoms with Crippen LogP contribution in [0.5, 0.6) is 5.88 Å². The van der Waals surface area contributed by atoms with E-state index < -0.39 is 0 Å². The van der Waals surface area contributed by atoms with Crippen molar-refractivity contribution < 1.29 is 9.53 Å². The van der Waals surface area contributed by atoms with E-state index in [1.54, 1.807) is 6.20 Å². The first-order valence-electron chi connectivity index (χ1n) is 6.23. The van der Waals surface area contributed by atoms with Crippen molar-refractivity contribution in [3.63, 3.8) is 0 Å². The van der Waals surface area contributed by atoms with Gasteiger partial charge in [-0.2, -0.15) is 5.10 Å². The third-order valence-electron chi connectivity index (χ3n) is 2.98. The molecule has 1 aliphatic carbocycles. The van der Waals surface area contributed by atoms with E-state index in [9.17, 15) is 4.79 Å². The second kappa shape index (κ2) is 5.16. The average molecular weight is 274 g/mol. The number of nitrogens with zero attached hydrogens (tertiary/aromatic N) is 3. The topological polar surface area (TPSA) is 105 Å². The molecule has 2 heterocycles. The lowest BCUT2D eigenvalue weighted by Crippen LogP contribution is -2.20. The zero-order valence-corrected chi connectivity index (χ0v) is 10.9. The summed E-state index contributed by atoms with van der Waals surface area (Å²) >= 11 is 0. The molecule has 20 heavy (non-hydrogen) atoms. The van der Waals surface area contributed by atoms with Crippen LogP contribution in [0.1, 0.15) is 24.5 Å². The van der Waals surface area contributed by atoms with Gasteiger partial charge in [0.15, 0.2) is 5.82 Å². The molecule has 8 nitrogen and oxygen atoms in total. The highest BCUT2D eigenvalue weighted by Crippen LogP contribution is 2.42. The number of hydrogen-bond acceptors (Lipinski definition) is 5. The molecule has 0 aromatic carbocycles. The van der Waals surface area contributed by atoms with Gasteiger partial charge in [-0.15, -0.1) is 0 Å². The van der Waals surface area contributed by atoms with E-state index in [1.807, 2.05) is 0 Å². The molecule has 2 amide bonds. The van der Waals surface area contributed by atoms with Crippen molar-refractivity contribution in [2.75, 3.05) is 17.7 Å². The number of carbonyl (C=O) groups excluding carboxylic acids is 1. The maximum atomic E-state index is 11.9. The largest absolute Gasteiger partial charge is 0.480 e. The number of carbonyl (C=O) groups is 1. The van der Waals surface area contributed by atoms with E-state index in [0.29, 0.717) is 23.3 Å². The summed E-state index contributed by atoms with van der Waals surface area (Å²) in [5.41, 5.74) is 1.67. The van der Waals surface area contributed by atoms with E-state index in [4.69, 9.17) is 4.74 Å². The van der Waals surface area contributed by atoms with Gasteiger partial charge in [-0.3, -0.25) is 10.4 Å². The zero-order chi connectivity index (χ0) is 13.9. The maximum Gasteiger partial charge on any atom is 0.324 e. The van der Waals surface area contributed by atoms with Crippen molar-refractivity contribution >= 4 is 17.5 Å². The Labute approximate surface area is 115 Å². The smallest absolute Gasteiger partial charge is 0.324 e. The number of amides is 2. The van der Waals surface area contributed by atoms with Crippen molar-refractivity contribution in [3.05, 3.63) is 24.3 Å². The van der Waals surface area contributed by atoms with Gasteiger partial charge in [-0.05, 0) is 12.8 Å². The Kier molecular flexibility index (Phi) is 3.20. The second-order valence-corrected chi connectivity index (χ2v) is 4.49. The number of hydrogen-bond donors (Lipinski definition) is 3. The molecule has 8 heteroatoms. The van der Waals surface area contributed by atoms with Gasteiger partial charge in [0.05, 0.1) is 37.1 Å². The molecule has 0 unspecified atom stereocenters. The van der Waals surface area contributed by atoms with Crippen LogP contribution in [-0.2, 0) is 0 Å². The quantitative estimate of drug-likeness (QED) is 0.787. The van der Waals surface area contributed by atoms with E-state index in [-0.39, 0.29) is 6.03 Å². The fraction of sp³-hybridized carbons (Fsp3) is 0.333. The van der Waals surface area contributed by atoms with Crippen LogP contribution in [0.3, 0.4) is 0 Å². The molecule has 104 valence electrons. The van der Waals surface area contributed by atoms with Gasteiger partial charge in [0.2, 0.25) is 5.88 Å². The molecule has 3 N–H and O–H groups in total. The summed E-state index contributed by atoms with van der Waals surface area (Å²) in [4.78, 5) is 19.8. The number of methoxy groups -OCH3 is 1. The first-order chi connectivity index (χ1) is 9.76. The van der Waals surface area contributed by atoms with Gasteiger partial charge in [-0.25, -0.2) is 14.8 Å². The molecule has 2 aromatic heterocycles. The molecule has 1 saturated carbocycles. The van der Waals surface area contributed by atoms with Crippen molar-refractivity contribution in [1.29, 1.82) is 0 Å². The summed E-state index contributed by atoms with van der Waals surface area (Å²) in [6.07, 6.45) is 6.72. The van der Waals surface area contributed by atoms with Gasteiger partial charge < -0.3 is 10.1 Å². The van der Waals surface area contributed by atoms with Crippen LogP contribution in [0.25, 0.3) is 0 Å². The van der Waals surface area contributed by atoms with E-state index in [2.05, 4.69) is 30.8 Å². The highest BCUT2D eigenvalue weighted by atomic mass is 16.5. The number of rotatable bonds is 4. The van der Waals surface area contributed by atoms with Crippen molar-refractivity contribution in [2.45, 2.75) is 18.8 Å². The number of nitrogens with one attached hydrogen (secondary N) is 3. The van der Waals surface area contributed by atoms with Crippen molar-refractivity contribution in [1.82, 2.24) is 20.2 Å². The predicted molar refractivity (Wildman–Crippen MR) is 71.8 cm³/mol. The molecule has 0 saturated heterocycles. The van der Waals surface area contributed by atoms with Crippen molar-refractivity contribution in [2.24, 2.45) is 0 Å². The lowest BCUT2D eigenvalue weighted by molar-refractivity contribution is 0.262. The van der Waals surface area contributed by atoms with Crippen LogP contribution in [0, 0.1) is 0 Å². The lowest BCUT2D eigenvalue weighted by atomic mass is 10.2. The molecular weight excluding hydrogens is 260 g/mol. The van der Waals surface area contributed by atoms with E-state index >= 15 is 0 Å². The molecule has 0 spiro atoms. The van der Waals surface area contributed by atoms with E-state index in [1.165, 1.54) is 19.5 Å². The number of urea groups is 1. The minimum atomic E-state index is -0.382. The van der Waals surface area contributed by atoms with Gasteiger partial charge in [0, 0.05) is 5.92 Å². The number of aromatic nitrogens is 4. The number of ether oxygens (including phenoxy) is 1. The Morgan fingerprint density at radius 2 is 2.15 bits per heavy atom. The Morgan fingerprint density at radius 3 is 2.80 bits per heavy atom. The van der Waals surface area contributed by atoms with Gasteiger partial charge >= 0.3 is 6.03 Å². The molecule has 2 aromatic rings. The third-order valence-corrected chi connectivity index (χ3v) is 2.98. The van der Waals surface area contributed by atoms with Crippen molar-refractivity contribution in [3.8, 4) is 5.88 Å². The summed E-state index contributed by atoms with van der Waals surface area (Å²) < 4.78 is 4.89. The minimum Gasteiger partial charge on any atom is -0.480 e. The van der Waals surface area contributed by atoms with Crippen LogP contribution < -0.4 is 15.4 Å². The molecule has 3 rings (SSSR count). The summed E-state index contributed by atoms with van der Waals surface area (Å²) in [7, 11) is 1.50. The minimum absolute atomic E-state index is 0.347. The highest BCUT2D eigenvalue weighted by Gasteiger charge is 2.28. The Balaban J connectivity index is 1.62. The van der Waals surface area contributed by atoms with Crippen LogP contribution in [0.4, 0.5) is 16.3 Å². The summed E-state index contributed by atoms with van der Waals surface area (Å²) in [6, 6.07) is -0.382. The average Bonchev–Trinajstić information content (AvgIpc) is 3.20. The fourth-order valence-corrected chi connectivity index (χ4v) is 1.83. The SMILES string of the molecule is COc1cnc(NC(=O)Nc2cn[nH]c2C2CC2)cn1. The highest BCUT2D eigenvalue weighted by molar-refractivity contribution is 5.99. The molecular formula is C12H14N6O2. The fourth-order valence-electron chi connectivity index (χ4n) is 1.83. The standard InChI is InChI=1S/C12H14N6O2/c1-20-10-6-13-9(5-14-10)17-12(19)16-8-4-15-18-11(8)7-2-3-7/h4-7H,2-3H2,1H3,(H,15,18)(H2,13,16,17,19). The first kappa shape index (κ1) is 12.4. The second-order valence-electron chi connectivity index (χ2n) is 4.49. The molecule has 1 fully saturated rings. The first-order valence-corrected chi connectivity index (χ1v) is 6.23. The Hall–Kier alpha value is -2.64. The van der Waals surface area contributed by atoms with Crippen LogP contribution in [0.2, 0.25) is 0 Å². The van der Waals surface area contributed by atoms with Gasteiger partial charge in [0.1, 0.15) is 0 Å². The lowest BCUT2D eigenvalue weighted by Gasteiger charge is -2.07.